The normalized spacial score (nSPS) is 11.9. The fraction of sp³-hybridized carbons (Fsp3) is 0.333. The van der Waals surface area contributed by atoms with Crippen LogP contribution in [-0.4, -0.2) is 24.2 Å². The highest BCUT2D eigenvalue weighted by Crippen LogP contribution is 2.16. The van der Waals surface area contributed by atoms with Crippen LogP contribution in [0.25, 0.3) is 0 Å². The molecule has 1 aromatic heterocycles. The minimum atomic E-state index is -0.813. The van der Waals surface area contributed by atoms with Gasteiger partial charge in [-0.1, -0.05) is 0 Å². The maximum Gasteiger partial charge on any atom is 0.346 e. The summed E-state index contributed by atoms with van der Waals surface area (Å²) in [4.78, 5) is 14.6. The molecular formula is C9H11FN2O3. The van der Waals surface area contributed by atoms with Crippen LogP contribution in [-0.2, 0) is 9.53 Å². The van der Waals surface area contributed by atoms with Crippen molar-refractivity contribution in [1.29, 1.82) is 0 Å². The highest BCUT2D eigenvalue weighted by Gasteiger charge is 2.15. The molecule has 1 aromatic rings. The molecule has 2 N–H and O–H groups in total. The standard InChI is InChI=1S/C9H11FN2O3/c1-5(9(13)14-2)15-8-3-7(11)6(10)4-12-8/h3-5H,1-2H3,(H2,11,12)/t5-/m0/s1. The lowest BCUT2D eigenvalue weighted by atomic mass is 10.4. The van der Waals surface area contributed by atoms with Crippen molar-refractivity contribution in [2.75, 3.05) is 12.8 Å². The van der Waals surface area contributed by atoms with Crippen molar-refractivity contribution in [3.8, 4) is 5.88 Å². The van der Waals surface area contributed by atoms with Gasteiger partial charge in [-0.15, -0.1) is 0 Å². The number of methoxy groups -OCH3 is 1. The zero-order valence-corrected chi connectivity index (χ0v) is 8.36. The molecule has 0 fully saturated rings. The summed E-state index contributed by atoms with van der Waals surface area (Å²) < 4.78 is 22.2. The molecule has 5 nitrogen and oxygen atoms in total. The Kier molecular flexibility index (Phi) is 3.43. The molecule has 0 saturated heterocycles. The summed E-state index contributed by atoms with van der Waals surface area (Å²) in [6.45, 7) is 1.49. The van der Waals surface area contributed by atoms with E-state index in [1.54, 1.807) is 0 Å². The Balaban J connectivity index is 2.73. The van der Waals surface area contributed by atoms with Gasteiger partial charge in [0.15, 0.2) is 11.9 Å². The first-order chi connectivity index (χ1) is 7.04. The summed E-state index contributed by atoms with van der Waals surface area (Å²) in [5.41, 5.74) is 5.21. The van der Waals surface area contributed by atoms with Crippen molar-refractivity contribution in [3.05, 3.63) is 18.1 Å². The van der Waals surface area contributed by atoms with E-state index in [0.717, 1.165) is 6.20 Å². The van der Waals surface area contributed by atoms with E-state index in [1.165, 1.54) is 20.1 Å². The van der Waals surface area contributed by atoms with Gasteiger partial charge in [0.2, 0.25) is 5.88 Å². The zero-order valence-electron chi connectivity index (χ0n) is 8.36. The first kappa shape index (κ1) is 11.2. The first-order valence-electron chi connectivity index (χ1n) is 4.20. The molecule has 0 unspecified atom stereocenters. The van der Waals surface area contributed by atoms with E-state index >= 15 is 0 Å². The lowest BCUT2D eigenvalue weighted by Crippen LogP contribution is -2.25. The van der Waals surface area contributed by atoms with Crippen LogP contribution in [0.4, 0.5) is 10.1 Å². The molecule has 0 spiro atoms. The fourth-order valence-electron chi connectivity index (χ4n) is 0.894. The molecule has 1 atom stereocenters. The maximum absolute atomic E-state index is 12.7. The van der Waals surface area contributed by atoms with Crippen molar-refractivity contribution in [2.45, 2.75) is 13.0 Å². The number of aromatic nitrogens is 1. The van der Waals surface area contributed by atoms with Crippen LogP contribution in [0.5, 0.6) is 5.88 Å². The van der Waals surface area contributed by atoms with Gasteiger partial charge < -0.3 is 15.2 Å². The lowest BCUT2D eigenvalue weighted by molar-refractivity contribution is -0.148. The van der Waals surface area contributed by atoms with Gasteiger partial charge in [-0.05, 0) is 6.92 Å². The number of hydrogen-bond acceptors (Lipinski definition) is 5. The maximum atomic E-state index is 12.7. The third kappa shape index (κ3) is 2.80. The van der Waals surface area contributed by atoms with Gasteiger partial charge in [0.25, 0.3) is 0 Å². The number of hydrogen-bond donors (Lipinski definition) is 1. The SMILES string of the molecule is COC(=O)[C@H](C)Oc1cc(N)c(F)cn1. The summed E-state index contributed by atoms with van der Waals surface area (Å²) in [7, 11) is 1.24. The molecule has 15 heavy (non-hydrogen) atoms. The monoisotopic (exact) mass is 214 g/mol. The fourth-order valence-corrected chi connectivity index (χ4v) is 0.894. The molecule has 1 heterocycles. The average molecular weight is 214 g/mol. The van der Waals surface area contributed by atoms with Crippen LogP contribution in [0, 0.1) is 5.82 Å². The number of nitrogen functional groups attached to an aromatic ring is 1. The predicted molar refractivity (Wildman–Crippen MR) is 50.7 cm³/mol. The summed E-state index contributed by atoms with van der Waals surface area (Å²) in [6, 6.07) is 1.20. The number of nitrogens with zero attached hydrogens (tertiary/aromatic N) is 1. The second-order valence-corrected chi connectivity index (χ2v) is 2.83. The quantitative estimate of drug-likeness (QED) is 0.751. The van der Waals surface area contributed by atoms with Crippen molar-refractivity contribution in [3.63, 3.8) is 0 Å². The number of nitrogens with two attached hydrogens (primary N) is 1. The topological polar surface area (TPSA) is 74.4 Å². The van der Waals surface area contributed by atoms with E-state index in [4.69, 9.17) is 10.5 Å². The van der Waals surface area contributed by atoms with Gasteiger partial charge in [-0.2, -0.15) is 0 Å². The Morgan fingerprint density at radius 3 is 2.87 bits per heavy atom. The Bertz CT molecular complexity index is 370. The molecule has 0 aliphatic heterocycles. The number of ether oxygens (including phenoxy) is 2. The summed E-state index contributed by atoms with van der Waals surface area (Å²) in [5.74, 6) is -1.10. The Morgan fingerprint density at radius 1 is 1.67 bits per heavy atom. The van der Waals surface area contributed by atoms with Crippen molar-refractivity contribution < 1.29 is 18.7 Å². The average Bonchev–Trinajstić information content (AvgIpc) is 2.22. The molecule has 0 aliphatic carbocycles. The molecule has 0 saturated carbocycles. The van der Waals surface area contributed by atoms with Crippen molar-refractivity contribution in [2.24, 2.45) is 0 Å². The Labute approximate surface area is 86.0 Å². The van der Waals surface area contributed by atoms with Gasteiger partial charge in [0.1, 0.15) is 0 Å². The minimum Gasteiger partial charge on any atom is -0.466 e. The molecule has 0 radical (unpaired) electrons. The second kappa shape index (κ2) is 4.59. The zero-order chi connectivity index (χ0) is 11.4. The largest absolute Gasteiger partial charge is 0.466 e. The van der Waals surface area contributed by atoms with Crippen molar-refractivity contribution in [1.82, 2.24) is 4.98 Å². The van der Waals surface area contributed by atoms with E-state index < -0.39 is 17.9 Å². The number of rotatable bonds is 3. The second-order valence-electron chi connectivity index (χ2n) is 2.83. The molecule has 82 valence electrons. The van der Waals surface area contributed by atoms with Crippen LogP contribution < -0.4 is 10.5 Å². The molecule has 0 bridgehead atoms. The van der Waals surface area contributed by atoms with E-state index in [-0.39, 0.29) is 11.6 Å². The van der Waals surface area contributed by atoms with Gasteiger partial charge >= 0.3 is 5.97 Å². The third-order valence-electron chi connectivity index (χ3n) is 1.69. The van der Waals surface area contributed by atoms with Gasteiger partial charge in [0.05, 0.1) is 19.0 Å². The predicted octanol–water partition coefficient (Wildman–Crippen LogP) is 0.743. The Morgan fingerprint density at radius 2 is 2.33 bits per heavy atom. The molecule has 0 aliphatic rings. The van der Waals surface area contributed by atoms with Crippen LogP contribution in [0.15, 0.2) is 12.3 Å². The molecule has 0 aromatic carbocycles. The van der Waals surface area contributed by atoms with Gasteiger partial charge in [0, 0.05) is 6.07 Å². The number of carbonyl (C=O) groups is 1. The van der Waals surface area contributed by atoms with Gasteiger partial charge in [-0.25, -0.2) is 14.2 Å². The van der Waals surface area contributed by atoms with E-state index in [2.05, 4.69) is 9.72 Å². The highest BCUT2D eigenvalue weighted by atomic mass is 19.1. The summed E-state index contributed by atoms with van der Waals surface area (Å²) in [5, 5.41) is 0. The van der Waals surface area contributed by atoms with Crippen LogP contribution in [0.1, 0.15) is 6.92 Å². The van der Waals surface area contributed by atoms with Crippen LogP contribution in [0.2, 0.25) is 0 Å². The summed E-state index contributed by atoms with van der Waals surface area (Å²) in [6.07, 6.45) is 0.113. The number of carbonyl (C=O) groups excluding carboxylic acids is 1. The summed E-state index contributed by atoms with van der Waals surface area (Å²) >= 11 is 0. The number of anilines is 1. The third-order valence-corrected chi connectivity index (χ3v) is 1.69. The van der Waals surface area contributed by atoms with Crippen molar-refractivity contribution >= 4 is 11.7 Å². The Hall–Kier alpha value is -1.85. The van der Waals surface area contributed by atoms with E-state index in [9.17, 15) is 9.18 Å². The van der Waals surface area contributed by atoms with E-state index in [0.29, 0.717) is 0 Å². The minimum absolute atomic E-state index is 0.0757. The van der Waals surface area contributed by atoms with E-state index in [1.807, 2.05) is 0 Å². The number of esters is 1. The number of halogens is 1. The highest BCUT2D eigenvalue weighted by molar-refractivity contribution is 5.74. The van der Waals surface area contributed by atoms with Gasteiger partial charge in [-0.3, -0.25) is 0 Å². The van der Waals surface area contributed by atoms with Crippen LogP contribution in [0.3, 0.4) is 0 Å². The number of pyridine rings is 1. The molecule has 0 amide bonds. The van der Waals surface area contributed by atoms with Crippen LogP contribution >= 0.6 is 0 Å². The lowest BCUT2D eigenvalue weighted by Gasteiger charge is -2.11. The molecule has 6 heteroatoms. The first-order valence-corrected chi connectivity index (χ1v) is 4.20. The molecule has 1 rings (SSSR count). The smallest absolute Gasteiger partial charge is 0.346 e. The molecular weight excluding hydrogens is 203 g/mol.